The number of Topliss-reactive ketones (excluding diaryl/α,β-unsaturated/α-hetero) is 1. The predicted molar refractivity (Wildman–Crippen MR) is 62.9 cm³/mol. The molecule has 100 valence electrons. The van der Waals surface area contributed by atoms with Gasteiger partial charge < -0.3 is 14.6 Å². The first-order chi connectivity index (χ1) is 7.93. The van der Waals surface area contributed by atoms with E-state index in [2.05, 4.69) is 0 Å². The summed E-state index contributed by atoms with van der Waals surface area (Å²) in [6.45, 7) is 8.17. The molecule has 0 aromatic carbocycles. The number of carboxylic acid groups (broad SMARTS) is 1. The van der Waals surface area contributed by atoms with Gasteiger partial charge in [-0.3, -0.25) is 9.59 Å². The molecule has 0 fully saturated rings. The molecule has 0 amide bonds. The van der Waals surface area contributed by atoms with Gasteiger partial charge >= 0.3 is 5.97 Å². The van der Waals surface area contributed by atoms with E-state index in [1.807, 2.05) is 13.8 Å². The van der Waals surface area contributed by atoms with Gasteiger partial charge in [0.1, 0.15) is 6.42 Å². The van der Waals surface area contributed by atoms with Crippen molar-refractivity contribution in [3.63, 3.8) is 0 Å². The fourth-order valence-corrected chi connectivity index (χ4v) is 1.91. The monoisotopic (exact) mass is 246 g/mol. The molecule has 0 saturated heterocycles. The summed E-state index contributed by atoms with van der Waals surface area (Å²) in [6.07, 6.45) is -1.17. The van der Waals surface area contributed by atoms with Gasteiger partial charge in [-0.15, -0.1) is 0 Å². The Hall–Kier alpha value is -0.940. The zero-order valence-electron chi connectivity index (χ0n) is 10.9. The van der Waals surface area contributed by atoms with E-state index >= 15 is 0 Å². The largest absolute Gasteiger partial charge is 0.481 e. The van der Waals surface area contributed by atoms with Crippen LogP contribution in [0.5, 0.6) is 0 Å². The molecule has 0 aliphatic rings. The molecule has 5 nitrogen and oxygen atoms in total. The van der Waals surface area contributed by atoms with Crippen LogP contribution < -0.4 is 0 Å². The number of ketones is 1. The van der Waals surface area contributed by atoms with Crippen LogP contribution in [0.2, 0.25) is 0 Å². The number of carboxylic acids is 1. The topological polar surface area (TPSA) is 72.8 Å². The summed E-state index contributed by atoms with van der Waals surface area (Å²) in [4.78, 5) is 22.4. The molecule has 0 heterocycles. The highest BCUT2D eigenvalue weighted by Crippen LogP contribution is 2.18. The fraction of sp³-hybridized carbons (Fsp3) is 0.833. The molecule has 0 aliphatic heterocycles. The quantitative estimate of drug-likeness (QED) is 0.624. The van der Waals surface area contributed by atoms with Crippen molar-refractivity contribution < 1.29 is 24.2 Å². The highest BCUT2D eigenvalue weighted by atomic mass is 16.5. The zero-order valence-corrected chi connectivity index (χ0v) is 10.9. The minimum atomic E-state index is -1.12. The van der Waals surface area contributed by atoms with Crippen LogP contribution in [0.15, 0.2) is 0 Å². The van der Waals surface area contributed by atoms with Gasteiger partial charge in [0.15, 0.2) is 5.78 Å². The summed E-state index contributed by atoms with van der Waals surface area (Å²) in [5, 5.41) is 8.65. The molecule has 17 heavy (non-hydrogen) atoms. The number of rotatable bonds is 9. The molecule has 5 heteroatoms. The number of hydrogen-bond donors (Lipinski definition) is 1. The second kappa shape index (κ2) is 8.20. The van der Waals surface area contributed by atoms with E-state index in [4.69, 9.17) is 14.6 Å². The Labute approximate surface area is 102 Å². The molecule has 0 aromatic rings. The third-order valence-electron chi connectivity index (χ3n) is 2.57. The maximum atomic E-state index is 11.8. The smallest absolute Gasteiger partial charge is 0.310 e. The van der Waals surface area contributed by atoms with E-state index in [-0.39, 0.29) is 18.0 Å². The predicted octanol–water partition coefficient (Wildman–Crippen LogP) is 1.50. The average Bonchev–Trinajstić information content (AvgIpc) is 2.17. The van der Waals surface area contributed by atoms with Crippen molar-refractivity contribution in [3.8, 4) is 0 Å². The molecule has 2 unspecified atom stereocenters. The maximum Gasteiger partial charge on any atom is 0.310 e. The minimum absolute atomic E-state index is 0.339. The van der Waals surface area contributed by atoms with Gasteiger partial charge in [-0.1, -0.05) is 0 Å². The van der Waals surface area contributed by atoms with Crippen LogP contribution in [0, 0.1) is 5.92 Å². The second-order valence-electron chi connectivity index (χ2n) is 3.88. The van der Waals surface area contributed by atoms with Gasteiger partial charge in [0.25, 0.3) is 0 Å². The lowest BCUT2D eigenvalue weighted by Gasteiger charge is -2.27. The molecule has 0 saturated carbocycles. The van der Waals surface area contributed by atoms with Crippen LogP contribution in [-0.4, -0.2) is 42.3 Å². The molecule has 2 atom stereocenters. The van der Waals surface area contributed by atoms with Crippen molar-refractivity contribution >= 4 is 11.8 Å². The van der Waals surface area contributed by atoms with Gasteiger partial charge in [0.05, 0.1) is 18.1 Å². The Morgan fingerprint density at radius 1 is 1.06 bits per heavy atom. The van der Waals surface area contributed by atoms with Crippen molar-refractivity contribution in [2.75, 3.05) is 13.2 Å². The molecule has 0 rings (SSSR count). The molecule has 0 spiro atoms. The van der Waals surface area contributed by atoms with Crippen LogP contribution in [0.4, 0.5) is 0 Å². The van der Waals surface area contributed by atoms with Crippen LogP contribution >= 0.6 is 0 Å². The Balaban J connectivity index is 4.70. The zero-order chi connectivity index (χ0) is 13.4. The first kappa shape index (κ1) is 16.1. The summed E-state index contributed by atoms with van der Waals surface area (Å²) in [5.41, 5.74) is 0. The number of aliphatic carboxylic acids is 1. The van der Waals surface area contributed by atoms with Gasteiger partial charge in [-0.05, 0) is 27.7 Å². The summed E-state index contributed by atoms with van der Waals surface area (Å²) in [6, 6.07) is 0. The Morgan fingerprint density at radius 2 is 1.47 bits per heavy atom. The number of ether oxygens (including phenoxy) is 2. The second-order valence-corrected chi connectivity index (χ2v) is 3.88. The summed E-state index contributed by atoms with van der Waals surface area (Å²) in [5.74, 6) is -2.00. The summed E-state index contributed by atoms with van der Waals surface area (Å²) in [7, 11) is 0. The Morgan fingerprint density at radius 3 is 1.76 bits per heavy atom. The lowest BCUT2D eigenvalue weighted by molar-refractivity contribution is -0.145. The maximum absolute atomic E-state index is 11.8. The van der Waals surface area contributed by atoms with Crippen molar-refractivity contribution in [1.29, 1.82) is 0 Å². The average molecular weight is 246 g/mol. The van der Waals surface area contributed by atoms with E-state index in [0.717, 1.165) is 0 Å². The van der Waals surface area contributed by atoms with Gasteiger partial charge in [-0.25, -0.2) is 0 Å². The summed E-state index contributed by atoms with van der Waals surface area (Å²) < 4.78 is 10.8. The molecule has 1 N–H and O–H groups in total. The van der Waals surface area contributed by atoms with E-state index in [0.29, 0.717) is 13.2 Å². The first-order valence-corrected chi connectivity index (χ1v) is 5.91. The van der Waals surface area contributed by atoms with Crippen LogP contribution in [0.1, 0.15) is 34.1 Å². The van der Waals surface area contributed by atoms with E-state index in [1.54, 1.807) is 13.8 Å². The lowest BCUT2D eigenvalue weighted by Crippen LogP contribution is -2.39. The third-order valence-corrected chi connectivity index (χ3v) is 2.57. The fourth-order valence-electron chi connectivity index (χ4n) is 1.91. The minimum Gasteiger partial charge on any atom is -0.481 e. The van der Waals surface area contributed by atoms with E-state index in [1.165, 1.54) is 0 Å². The Bertz CT molecular complexity index is 239. The molecular weight excluding hydrogens is 224 g/mol. The van der Waals surface area contributed by atoms with Crippen molar-refractivity contribution in [2.45, 2.75) is 46.3 Å². The van der Waals surface area contributed by atoms with E-state index in [9.17, 15) is 9.59 Å². The van der Waals surface area contributed by atoms with Crippen LogP contribution in [0.25, 0.3) is 0 Å². The highest BCUT2D eigenvalue weighted by Gasteiger charge is 2.32. The van der Waals surface area contributed by atoms with Gasteiger partial charge in [-0.2, -0.15) is 0 Å². The standard InChI is InChI=1S/C12H22O5/c1-5-16-8(3)12(9(4)17-6-2)10(13)7-11(14)15/h8-9,12H,5-7H2,1-4H3,(H,14,15). The molecular formula is C12H22O5. The highest BCUT2D eigenvalue weighted by molar-refractivity contribution is 5.96. The molecule has 0 bridgehead atoms. The third kappa shape index (κ3) is 5.79. The van der Waals surface area contributed by atoms with E-state index < -0.39 is 18.3 Å². The Kier molecular flexibility index (Phi) is 7.74. The SMILES string of the molecule is CCOC(C)C(C(=O)CC(=O)O)C(C)OCC. The molecule has 0 aliphatic carbocycles. The number of carbonyl (C=O) groups is 2. The normalized spacial score (nSPS) is 16.2. The first-order valence-electron chi connectivity index (χ1n) is 5.91. The number of carbonyl (C=O) groups excluding carboxylic acids is 1. The molecule has 0 radical (unpaired) electrons. The van der Waals surface area contributed by atoms with Crippen molar-refractivity contribution in [3.05, 3.63) is 0 Å². The summed E-state index contributed by atoms with van der Waals surface area (Å²) >= 11 is 0. The lowest BCUT2D eigenvalue weighted by atomic mass is 9.91. The van der Waals surface area contributed by atoms with Crippen molar-refractivity contribution in [2.24, 2.45) is 5.92 Å². The van der Waals surface area contributed by atoms with Crippen LogP contribution in [0.3, 0.4) is 0 Å². The number of hydrogen-bond acceptors (Lipinski definition) is 4. The van der Waals surface area contributed by atoms with Gasteiger partial charge in [0, 0.05) is 13.2 Å². The van der Waals surface area contributed by atoms with Crippen molar-refractivity contribution in [1.82, 2.24) is 0 Å². The van der Waals surface area contributed by atoms with Crippen LogP contribution in [-0.2, 0) is 19.1 Å². The van der Waals surface area contributed by atoms with Gasteiger partial charge in [0.2, 0.25) is 0 Å². The molecule has 0 aromatic heterocycles.